The smallest absolute Gasteiger partial charge is 0.150 e. The maximum Gasteiger partial charge on any atom is 0.150 e. The topological polar surface area (TPSA) is 42.2 Å². The Morgan fingerprint density at radius 1 is 1.25 bits per heavy atom. The van der Waals surface area contributed by atoms with Gasteiger partial charge in [-0.1, -0.05) is 24.4 Å². The van der Waals surface area contributed by atoms with Crippen LogP contribution < -0.4 is 0 Å². The van der Waals surface area contributed by atoms with Crippen LogP contribution in [0.4, 0.5) is 0 Å². The van der Waals surface area contributed by atoms with Crippen LogP contribution in [0.1, 0.15) is 67.7 Å². The summed E-state index contributed by atoms with van der Waals surface area (Å²) >= 11 is 0. The molecule has 4 nitrogen and oxygen atoms in total. The van der Waals surface area contributed by atoms with Crippen LogP contribution in [0.5, 0.6) is 0 Å². The molecule has 0 N–H and O–H groups in total. The highest BCUT2D eigenvalue weighted by Gasteiger charge is 2.20. The van der Waals surface area contributed by atoms with E-state index >= 15 is 0 Å². The largest absolute Gasteiger partial charge is 0.360 e. The molecule has 1 saturated carbocycles. The monoisotopic (exact) mass is 327 g/mol. The SMILES string of the molecule is Cc1ccnc(CC(C)N(C)Cc2cc(C3CCCCC3)no2)c1. The van der Waals surface area contributed by atoms with Crippen LogP contribution in [0.15, 0.2) is 28.9 Å². The summed E-state index contributed by atoms with van der Waals surface area (Å²) in [5.74, 6) is 1.58. The van der Waals surface area contributed by atoms with Gasteiger partial charge in [-0.05, 0) is 51.4 Å². The fourth-order valence-electron chi connectivity index (χ4n) is 3.56. The summed E-state index contributed by atoms with van der Waals surface area (Å²) in [4.78, 5) is 6.79. The van der Waals surface area contributed by atoms with Crippen molar-refractivity contribution < 1.29 is 4.52 Å². The van der Waals surface area contributed by atoms with Gasteiger partial charge in [-0.3, -0.25) is 9.88 Å². The van der Waals surface area contributed by atoms with E-state index in [-0.39, 0.29) is 0 Å². The molecule has 130 valence electrons. The second-order valence-electron chi connectivity index (χ2n) is 7.35. The number of likely N-dealkylation sites (N-methyl/N-ethyl adjacent to an activating group) is 1. The highest BCUT2D eigenvalue weighted by atomic mass is 16.5. The van der Waals surface area contributed by atoms with Gasteiger partial charge >= 0.3 is 0 Å². The van der Waals surface area contributed by atoms with E-state index in [4.69, 9.17) is 4.52 Å². The van der Waals surface area contributed by atoms with Gasteiger partial charge in [0, 0.05) is 36.3 Å². The molecule has 0 amide bonds. The molecule has 1 fully saturated rings. The van der Waals surface area contributed by atoms with Gasteiger partial charge in [0.05, 0.1) is 12.2 Å². The Morgan fingerprint density at radius 3 is 2.79 bits per heavy atom. The third-order valence-electron chi connectivity index (χ3n) is 5.23. The Bertz CT molecular complexity index is 646. The highest BCUT2D eigenvalue weighted by Crippen LogP contribution is 2.32. The molecule has 2 heterocycles. The second-order valence-corrected chi connectivity index (χ2v) is 7.35. The van der Waals surface area contributed by atoms with Crippen LogP contribution in [-0.4, -0.2) is 28.1 Å². The van der Waals surface area contributed by atoms with Crippen LogP contribution in [0.3, 0.4) is 0 Å². The van der Waals surface area contributed by atoms with Crippen molar-refractivity contribution in [3.05, 3.63) is 47.1 Å². The molecule has 24 heavy (non-hydrogen) atoms. The molecular weight excluding hydrogens is 298 g/mol. The van der Waals surface area contributed by atoms with Crippen LogP contribution in [0, 0.1) is 6.92 Å². The molecule has 1 aliphatic carbocycles. The van der Waals surface area contributed by atoms with Gasteiger partial charge in [-0.25, -0.2) is 0 Å². The lowest BCUT2D eigenvalue weighted by Gasteiger charge is -2.23. The van der Waals surface area contributed by atoms with E-state index in [1.165, 1.54) is 37.7 Å². The van der Waals surface area contributed by atoms with Gasteiger partial charge in [-0.2, -0.15) is 0 Å². The molecule has 3 rings (SSSR count). The molecular formula is C20H29N3O. The fourth-order valence-corrected chi connectivity index (χ4v) is 3.56. The molecule has 0 aromatic carbocycles. The van der Waals surface area contributed by atoms with E-state index in [0.717, 1.165) is 30.1 Å². The van der Waals surface area contributed by atoms with Crippen LogP contribution in [-0.2, 0) is 13.0 Å². The van der Waals surface area contributed by atoms with E-state index in [0.29, 0.717) is 12.0 Å². The Hall–Kier alpha value is -1.68. The molecule has 0 spiro atoms. The van der Waals surface area contributed by atoms with Crippen molar-refractivity contribution in [1.82, 2.24) is 15.0 Å². The number of nitrogens with zero attached hydrogens (tertiary/aromatic N) is 3. The van der Waals surface area contributed by atoms with E-state index in [9.17, 15) is 0 Å². The number of aromatic nitrogens is 2. The fraction of sp³-hybridized carbons (Fsp3) is 0.600. The van der Waals surface area contributed by atoms with Crippen LogP contribution >= 0.6 is 0 Å². The lowest BCUT2D eigenvalue weighted by Crippen LogP contribution is -2.30. The van der Waals surface area contributed by atoms with E-state index in [2.05, 4.69) is 48.1 Å². The lowest BCUT2D eigenvalue weighted by atomic mass is 9.87. The first kappa shape index (κ1) is 17.2. The Labute approximate surface area is 145 Å². The second kappa shape index (κ2) is 7.93. The Morgan fingerprint density at radius 2 is 2.04 bits per heavy atom. The number of hydrogen-bond acceptors (Lipinski definition) is 4. The van der Waals surface area contributed by atoms with E-state index in [1.54, 1.807) is 0 Å². The molecule has 1 atom stereocenters. The number of rotatable bonds is 6. The Kier molecular flexibility index (Phi) is 5.67. The van der Waals surface area contributed by atoms with Crippen molar-refractivity contribution in [2.75, 3.05) is 7.05 Å². The van der Waals surface area contributed by atoms with Crippen LogP contribution in [0.2, 0.25) is 0 Å². The quantitative estimate of drug-likeness (QED) is 0.784. The molecule has 2 aromatic heterocycles. The summed E-state index contributed by atoms with van der Waals surface area (Å²) in [6, 6.07) is 6.78. The molecule has 2 aromatic rings. The number of pyridine rings is 1. The van der Waals surface area contributed by atoms with Gasteiger partial charge in [0.15, 0.2) is 5.76 Å². The third-order valence-corrected chi connectivity index (χ3v) is 5.23. The zero-order valence-electron chi connectivity index (χ0n) is 15.2. The standard InChI is InChI=1S/C20H29N3O/c1-15-9-10-21-18(11-15)12-16(2)23(3)14-19-13-20(22-24-19)17-7-5-4-6-8-17/h9-11,13,16-17H,4-8,12,14H2,1-3H3. The minimum Gasteiger partial charge on any atom is -0.360 e. The predicted octanol–water partition coefficient (Wildman–Crippen LogP) is 4.49. The average molecular weight is 327 g/mol. The van der Waals surface area contributed by atoms with Crippen molar-refractivity contribution in [2.45, 2.75) is 70.9 Å². The first-order valence-electron chi connectivity index (χ1n) is 9.19. The maximum atomic E-state index is 5.60. The van der Waals surface area contributed by atoms with Gasteiger partial charge in [0.1, 0.15) is 0 Å². The summed E-state index contributed by atoms with van der Waals surface area (Å²) in [6.45, 7) is 5.15. The summed E-state index contributed by atoms with van der Waals surface area (Å²) in [5, 5.41) is 4.33. The third kappa shape index (κ3) is 4.44. The van der Waals surface area contributed by atoms with Gasteiger partial charge in [-0.15, -0.1) is 0 Å². The first-order chi connectivity index (χ1) is 11.6. The van der Waals surface area contributed by atoms with Crippen LogP contribution in [0.25, 0.3) is 0 Å². The molecule has 0 radical (unpaired) electrons. The van der Waals surface area contributed by atoms with Gasteiger partial charge < -0.3 is 4.52 Å². The average Bonchev–Trinajstić information content (AvgIpc) is 3.04. The minimum atomic E-state index is 0.405. The molecule has 1 unspecified atom stereocenters. The van der Waals surface area contributed by atoms with E-state index in [1.807, 2.05) is 12.3 Å². The normalized spacial score (nSPS) is 17.3. The van der Waals surface area contributed by atoms with Crippen molar-refractivity contribution in [2.24, 2.45) is 0 Å². The molecule has 1 aliphatic rings. The van der Waals surface area contributed by atoms with Crippen molar-refractivity contribution >= 4 is 0 Å². The van der Waals surface area contributed by atoms with Crippen molar-refractivity contribution in [3.8, 4) is 0 Å². The van der Waals surface area contributed by atoms with Gasteiger partial charge in [0.25, 0.3) is 0 Å². The zero-order valence-corrected chi connectivity index (χ0v) is 15.2. The lowest BCUT2D eigenvalue weighted by molar-refractivity contribution is 0.216. The van der Waals surface area contributed by atoms with Crippen molar-refractivity contribution in [1.29, 1.82) is 0 Å². The summed E-state index contributed by atoms with van der Waals surface area (Å²) < 4.78 is 5.60. The molecule has 4 heteroatoms. The number of aryl methyl sites for hydroxylation is 1. The van der Waals surface area contributed by atoms with Gasteiger partial charge in [0.2, 0.25) is 0 Å². The zero-order chi connectivity index (χ0) is 16.9. The summed E-state index contributed by atoms with van der Waals surface area (Å²) in [6.07, 6.45) is 9.38. The Balaban J connectivity index is 1.55. The highest BCUT2D eigenvalue weighted by molar-refractivity contribution is 5.15. The minimum absolute atomic E-state index is 0.405. The molecule has 0 bridgehead atoms. The van der Waals surface area contributed by atoms with Crippen molar-refractivity contribution in [3.63, 3.8) is 0 Å². The summed E-state index contributed by atoms with van der Waals surface area (Å²) in [7, 11) is 2.14. The van der Waals surface area contributed by atoms with E-state index < -0.39 is 0 Å². The summed E-state index contributed by atoms with van der Waals surface area (Å²) in [5.41, 5.74) is 3.57. The first-order valence-corrected chi connectivity index (χ1v) is 9.19. The molecule has 0 aliphatic heterocycles. The molecule has 0 saturated heterocycles. The number of hydrogen-bond donors (Lipinski definition) is 0. The predicted molar refractivity (Wildman–Crippen MR) is 95.9 cm³/mol. The maximum absolute atomic E-state index is 5.60.